The highest BCUT2D eigenvalue weighted by Crippen LogP contribution is 2.08. The predicted molar refractivity (Wildman–Crippen MR) is 56.2 cm³/mol. The van der Waals surface area contributed by atoms with Gasteiger partial charge in [-0.1, -0.05) is 13.3 Å². The van der Waals surface area contributed by atoms with Crippen LogP contribution in [0.3, 0.4) is 0 Å². The third kappa shape index (κ3) is 4.20. The lowest BCUT2D eigenvalue weighted by molar-refractivity contribution is 0.182. The van der Waals surface area contributed by atoms with E-state index in [1.807, 2.05) is 0 Å². The molecule has 0 radical (unpaired) electrons. The van der Waals surface area contributed by atoms with Gasteiger partial charge in [-0.25, -0.2) is 9.97 Å². The molecule has 1 rings (SSSR count). The van der Waals surface area contributed by atoms with Crippen LogP contribution in [-0.4, -0.2) is 29.7 Å². The van der Waals surface area contributed by atoms with Crippen LogP contribution < -0.4 is 5.32 Å². The predicted octanol–water partition coefficient (Wildman–Crippen LogP) is 1.84. The molecule has 84 valence electrons. The molecule has 1 atom stereocenters. The summed E-state index contributed by atoms with van der Waals surface area (Å²) < 4.78 is 17.8. The van der Waals surface area contributed by atoms with Crippen molar-refractivity contribution in [3.8, 4) is 0 Å². The lowest BCUT2D eigenvalue weighted by Crippen LogP contribution is -2.25. The zero-order valence-electron chi connectivity index (χ0n) is 9.03. The van der Waals surface area contributed by atoms with Crippen LogP contribution in [0.2, 0.25) is 0 Å². The molecule has 0 aliphatic heterocycles. The first-order valence-corrected chi connectivity index (χ1v) is 4.99. The zero-order chi connectivity index (χ0) is 11.1. The van der Waals surface area contributed by atoms with Crippen molar-refractivity contribution in [2.75, 3.05) is 19.0 Å². The molecule has 0 fully saturated rings. The number of hydrogen-bond donors (Lipinski definition) is 1. The Morgan fingerprint density at radius 2 is 2.33 bits per heavy atom. The van der Waals surface area contributed by atoms with Crippen molar-refractivity contribution in [3.63, 3.8) is 0 Å². The summed E-state index contributed by atoms with van der Waals surface area (Å²) in [7, 11) is 1.64. The van der Waals surface area contributed by atoms with E-state index in [-0.39, 0.29) is 6.04 Å². The van der Waals surface area contributed by atoms with Crippen LogP contribution in [-0.2, 0) is 4.74 Å². The van der Waals surface area contributed by atoms with E-state index in [4.69, 9.17) is 4.74 Å². The lowest BCUT2D eigenvalue weighted by atomic mass is 10.2. The highest BCUT2D eigenvalue weighted by Gasteiger charge is 2.08. The second-order valence-corrected chi connectivity index (χ2v) is 3.31. The maximum absolute atomic E-state index is 12.8. The van der Waals surface area contributed by atoms with Gasteiger partial charge in [0, 0.05) is 13.2 Å². The maximum Gasteiger partial charge on any atom is 0.217 e. The van der Waals surface area contributed by atoms with Crippen LogP contribution in [0.4, 0.5) is 10.2 Å². The van der Waals surface area contributed by atoms with E-state index >= 15 is 0 Å². The Morgan fingerprint density at radius 1 is 1.53 bits per heavy atom. The van der Waals surface area contributed by atoms with Gasteiger partial charge in [-0.3, -0.25) is 0 Å². The van der Waals surface area contributed by atoms with E-state index < -0.39 is 5.95 Å². The van der Waals surface area contributed by atoms with Gasteiger partial charge in [-0.2, -0.15) is 4.39 Å². The highest BCUT2D eigenvalue weighted by molar-refractivity contribution is 5.33. The first-order chi connectivity index (χ1) is 7.26. The molecule has 15 heavy (non-hydrogen) atoms. The van der Waals surface area contributed by atoms with Crippen LogP contribution in [0, 0.1) is 5.95 Å². The van der Waals surface area contributed by atoms with Crippen LogP contribution in [0.15, 0.2) is 12.4 Å². The number of nitrogens with zero attached hydrogens (tertiary/aromatic N) is 2. The zero-order valence-corrected chi connectivity index (χ0v) is 9.03. The number of rotatable bonds is 6. The Labute approximate surface area is 88.9 Å². The maximum atomic E-state index is 12.8. The molecule has 0 saturated carbocycles. The number of ether oxygens (including phenoxy) is 1. The minimum atomic E-state index is -0.528. The minimum absolute atomic E-state index is 0.161. The third-order valence-corrected chi connectivity index (χ3v) is 1.99. The normalized spacial score (nSPS) is 12.5. The molecule has 1 aromatic rings. The van der Waals surface area contributed by atoms with Crippen molar-refractivity contribution in [1.82, 2.24) is 9.97 Å². The van der Waals surface area contributed by atoms with Crippen molar-refractivity contribution < 1.29 is 9.13 Å². The summed E-state index contributed by atoms with van der Waals surface area (Å²) in [5, 5.41) is 3.11. The lowest BCUT2D eigenvalue weighted by Gasteiger charge is -2.17. The smallest absolute Gasteiger partial charge is 0.217 e. The molecular formula is C10H16FN3O. The van der Waals surface area contributed by atoms with Gasteiger partial charge in [-0.05, 0) is 6.42 Å². The summed E-state index contributed by atoms with van der Waals surface area (Å²) in [6.45, 7) is 2.67. The summed E-state index contributed by atoms with van der Waals surface area (Å²) in [5.74, 6) is -0.0295. The van der Waals surface area contributed by atoms with E-state index in [1.54, 1.807) is 7.11 Å². The molecule has 0 aromatic carbocycles. The number of aromatic nitrogens is 2. The first kappa shape index (κ1) is 11.8. The van der Waals surface area contributed by atoms with Crippen molar-refractivity contribution in [1.29, 1.82) is 0 Å². The second kappa shape index (κ2) is 6.29. The molecule has 0 aliphatic rings. The van der Waals surface area contributed by atoms with Crippen molar-refractivity contribution in [2.24, 2.45) is 0 Å². The molecule has 1 unspecified atom stereocenters. The fourth-order valence-corrected chi connectivity index (χ4v) is 1.37. The number of halogens is 1. The van der Waals surface area contributed by atoms with Crippen molar-refractivity contribution in [2.45, 2.75) is 25.8 Å². The quantitative estimate of drug-likeness (QED) is 0.732. The number of hydrogen-bond acceptors (Lipinski definition) is 4. The molecule has 0 saturated heterocycles. The Bertz CT molecular complexity index is 290. The van der Waals surface area contributed by atoms with Crippen LogP contribution >= 0.6 is 0 Å². The van der Waals surface area contributed by atoms with E-state index in [0.717, 1.165) is 12.8 Å². The van der Waals surface area contributed by atoms with Crippen molar-refractivity contribution >= 4 is 5.82 Å². The Kier molecular flexibility index (Phi) is 4.97. The van der Waals surface area contributed by atoms with E-state index in [1.165, 1.54) is 12.4 Å². The van der Waals surface area contributed by atoms with E-state index in [9.17, 15) is 4.39 Å². The molecule has 0 bridgehead atoms. The molecule has 1 N–H and O–H groups in total. The molecule has 5 heteroatoms. The molecule has 1 aromatic heterocycles. The fourth-order valence-electron chi connectivity index (χ4n) is 1.37. The third-order valence-electron chi connectivity index (χ3n) is 1.99. The first-order valence-electron chi connectivity index (χ1n) is 4.99. The minimum Gasteiger partial charge on any atom is -0.383 e. The molecule has 0 spiro atoms. The van der Waals surface area contributed by atoms with Crippen molar-refractivity contribution in [3.05, 3.63) is 18.3 Å². The van der Waals surface area contributed by atoms with Gasteiger partial charge < -0.3 is 10.1 Å². The van der Waals surface area contributed by atoms with Gasteiger partial charge in [0.15, 0.2) is 0 Å². The SMILES string of the molecule is CCCC(COC)Nc1cc(F)ncn1. The molecule has 0 amide bonds. The summed E-state index contributed by atoms with van der Waals surface area (Å²) in [4.78, 5) is 7.32. The summed E-state index contributed by atoms with van der Waals surface area (Å²) >= 11 is 0. The molecule has 0 aliphatic carbocycles. The van der Waals surface area contributed by atoms with Gasteiger partial charge in [-0.15, -0.1) is 0 Å². The Hall–Kier alpha value is -1.23. The number of methoxy groups -OCH3 is 1. The number of anilines is 1. The Morgan fingerprint density at radius 3 is 2.93 bits per heavy atom. The van der Waals surface area contributed by atoms with Crippen LogP contribution in [0.1, 0.15) is 19.8 Å². The largest absolute Gasteiger partial charge is 0.383 e. The monoisotopic (exact) mass is 213 g/mol. The molecule has 4 nitrogen and oxygen atoms in total. The van der Waals surface area contributed by atoms with Crippen LogP contribution in [0.25, 0.3) is 0 Å². The highest BCUT2D eigenvalue weighted by atomic mass is 19.1. The van der Waals surface area contributed by atoms with Crippen LogP contribution in [0.5, 0.6) is 0 Å². The standard InChI is InChI=1S/C10H16FN3O/c1-3-4-8(6-15-2)14-10-5-9(11)12-7-13-10/h5,7-8H,3-4,6H2,1-2H3,(H,12,13,14). The summed E-state index contributed by atoms with van der Waals surface area (Å²) in [6, 6.07) is 1.44. The molecule has 1 heterocycles. The van der Waals surface area contributed by atoms with Gasteiger partial charge in [0.25, 0.3) is 0 Å². The second-order valence-electron chi connectivity index (χ2n) is 3.31. The summed E-state index contributed by atoms with van der Waals surface area (Å²) in [5.41, 5.74) is 0. The number of nitrogens with one attached hydrogen (secondary N) is 1. The van der Waals surface area contributed by atoms with Gasteiger partial charge >= 0.3 is 0 Å². The topological polar surface area (TPSA) is 47.0 Å². The van der Waals surface area contributed by atoms with Gasteiger partial charge in [0.1, 0.15) is 12.1 Å². The van der Waals surface area contributed by atoms with E-state index in [2.05, 4.69) is 22.2 Å². The summed E-state index contributed by atoms with van der Waals surface area (Å²) in [6.07, 6.45) is 3.20. The molecular weight excluding hydrogens is 197 g/mol. The van der Waals surface area contributed by atoms with E-state index in [0.29, 0.717) is 12.4 Å². The fraction of sp³-hybridized carbons (Fsp3) is 0.600. The van der Waals surface area contributed by atoms with Gasteiger partial charge in [0.2, 0.25) is 5.95 Å². The van der Waals surface area contributed by atoms with Gasteiger partial charge in [0.05, 0.1) is 12.6 Å². The Balaban J connectivity index is 2.56. The average molecular weight is 213 g/mol. The average Bonchev–Trinajstić information content (AvgIpc) is 2.18.